The Hall–Kier alpha value is -2.14. The molecule has 1 amide bonds. The minimum absolute atomic E-state index is 0.0886. The highest BCUT2D eigenvalue weighted by Crippen LogP contribution is 2.12. The SMILES string of the molecule is Nc1cc(C(=O)NCc2ccccc2F)cc(Cl)n1. The fraction of sp³-hybridized carbons (Fsp3) is 0.0769. The molecule has 0 aliphatic heterocycles. The molecular formula is C13H11ClFN3O. The fourth-order valence-electron chi connectivity index (χ4n) is 1.57. The van der Waals surface area contributed by atoms with Gasteiger partial charge >= 0.3 is 0 Å². The van der Waals surface area contributed by atoms with E-state index in [1.165, 1.54) is 18.2 Å². The van der Waals surface area contributed by atoms with E-state index in [0.717, 1.165) is 0 Å². The second-order valence-corrected chi connectivity index (χ2v) is 4.26. The van der Waals surface area contributed by atoms with Crippen molar-refractivity contribution in [1.82, 2.24) is 10.3 Å². The normalized spacial score (nSPS) is 10.2. The van der Waals surface area contributed by atoms with Crippen molar-refractivity contribution in [3.63, 3.8) is 0 Å². The summed E-state index contributed by atoms with van der Waals surface area (Å²) in [5.41, 5.74) is 6.19. The Morgan fingerprint density at radius 2 is 2.11 bits per heavy atom. The Labute approximate surface area is 114 Å². The van der Waals surface area contributed by atoms with Crippen LogP contribution in [0, 0.1) is 5.82 Å². The molecule has 0 unspecified atom stereocenters. The van der Waals surface area contributed by atoms with Crippen LogP contribution in [0.3, 0.4) is 0 Å². The monoisotopic (exact) mass is 279 g/mol. The number of hydrogen-bond donors (Lipinski definition) is 2. The van der Waals surface area contributed by atoms with Crippen molar-refractivity contribution in [2.45, 2.75) is 6.54 Å². The molecule has 0 spiro atoms. The molecule has 0 atom stereocenters. The number of nitrogen functional groups attached to an aromatic ring is 1. The second-order valence-electron chi connectivity index (χ2n) is 3.88. The molecule has 3 N–H and O–H groups in total. The first-order valence-electron chi connectivity index (χ1n) is 5.51. The predicted molar refractivity (Wildman–Crippen MR) is 71.2 cm³/mol. The first-order chi connectivity index (χ1) is 9.06. The van der Waals surface area contributed by atoms with Crippen LogP contribution < -0.4 is 11.1 Å². The van der Waals surface area contributed by atoms with Gasteiger partial charge in [-0.25, -0.2) is 9.37 Å². The van der Waals surface area contributed by atoms with Crippen molar-refractivity contribution in [3.8, 4) is 0 Å². The fourth-order valence-corrected chi connectivity index (χ4v) is 1.78. The first kappa shape index (κ1) is 13.3. The molecule has 19 heavy (non-hydrogen) atoms. The van der Waals surface area contributed by atoms with Crippen molar-refractivity contribution in [2.24, 2.45) is 0 Å². The Bertz CT molecular complexity index is 598. The number of nitrogens with one attached hydrogen (secondary N) is 1. The van der Waals surface area contributed by atoms with E-state index in [1.807, 2.05) is 0 Å². The lowest BCUT2D eigenvalue weighted by Crippen LogP contribution is -2.23. The van der Waals surface area contributed by atoms with E-state index < -0.39 is 0 Å². The van der Waals surface area contributed by atoms with Crippen LogP contribution >= 0.6 is 11.6 Å². The van der Waals surface area contributed by atoms with Crippen LogP contribution in [0.2, 0.25) is 5.15 Å². The van der Waals surface area contributed by atoms with Gasteiger partial charge < -0.3 is 11.1 Å². The van der Waals surface area contributed by atoms with Crippen LogP contribution in [-0.4, -0.2) is 10.9 Å². The average Bonchev–Trinajstić information content (AvgIpc) is 2.36. The van der Waals surface area contributed by atoms with E-state index in [4.69, 9.17) is 17.3 Å². The van der Waals surface area contributed by atoms with Gasteiger partial charge in [0.05, 0.1) is 0 Å². The molecular weight excluding hydrogens is 269 g/mol. The zero-order valence-corrected chi connectivity index (χ0v) is 10.6. The Kier molecular flexibility index (Phi) is 3.97. The van der Waals surface area contributed by atoms with Gasteiger partial charge in [0.25, 0.3) is 5.91 Å². The second kappa shape index (κ2) is 5.67. The van der Waals surface area contributed by atoms with Crippen molar-refractivity contribution >= 4 is 23.3 Å². The number of nitrogens with zero attached hydrogens (tertiary/aromatic N) is 1. The zero-order chi connectivity index (χ0) is 13.8. The Morgan fingerprint density at radius 3 is 2.79 bits per heavy atom. The lowest BCUT2D eigenvalue weighted by molar-refractivity contribution is 0.0950. The third-order valence-corrected chi connectivity index (χ3v) is 2.67. The summed E-state index contributed by atoms with van der Waals surface area (Å²) in [6.45, 7) is 0.0886. The lowest BCUT2D eigenvalue weighted by Gasteiger charge is -2.07. The van der Waals surface area contributed by atoms with E-state index in [-0.39, 0.29) is 34.8 Å². The smallest absolute Gasteiger partial charge is 0.251 e. The molecule has 0 saturated heterocycles. The predicted octanol–water partition coefficient (Wildman–Crippen LogP) is 2.39. The molecule has 0 bridgehead atoms. The molecule has 2 rings (SSSR count). The molecule has 1 aromatic carbocycles. The number of nitrogens with two attached hydrogens (primary N) is 1. The summed E-state index contributed by atoms with van der Waals surface area (Å²) >= 11 is 5.71. The molecule has 2 aromatic rings. The van der Waals surface area contributed by atoms with E-state index in [0.29, 0.717) is 5.56 Å². The molecule has 0 radical (unpaired) electrons. The number of halogens is 2. The van der Waals surface area contributed by atoms with Crippen molar-refractivity contribution in [3.05, 3.63) is 58.5 Å². The molecule has 0 aliphatic rings. The van der Waals surface area contributed by atoms with E-state index in [9.17, 15) is 9.18 Å². The van der Waals surface area contributed by atoms with Crippen LogP contribution in [0.15, 0.2) is 36.4 Å². The van der Waals surface area contributed by atoms with Crippen LogP contribution in [-0.2, 0) is 6.54 Å². The number of benzene rings is 1. The first-order valence-corrected chi connectivity index (χ1v) is 5.89. The minimum atomic E-state index is -0.390. The third kappa shape index (κ3) is 3.42. The Balaban J connectivity index is 2.08. The van der Waals surface area contributed by atoms with Crippen molar-refractivity contribution in [1.29, 1.82) is 0 Å². The van der Waals surface area contributed by atoms with Crippen molar-refractivity contribution < 1.29 is 9.18 Å². The number of hydrogen-bond acceptors (Lipinski definition) is 3. The standard InChI is InChI=1S/C13H11ClFN3O/c14-11-5-9(6-12(16)18-11)13(19)17-7-8-3-1-2-4-10(8)15/h1-6H,7H2,(H2,16,18)(H,17,19). The van der Waals surface area contributed by atoms with Gasteiger partial charge in [-0.2, -0.15) is 0 Å². The number of carbonyl (C=O) groups is 1. The highest BCUT2D eigenvalue weighted by atomic mass is 35.5. The van der Waals surface area contributed by atoms with Crippen molar-refractivity contribution in [2.75, 3.05) is 5.73 Å². The van der Waals surface area contributed by atoms with Gasteiger partial charge in [-0.15, -0.1) is 0 Å². The quantitative estimate of drug-likeness (QED) is 0.848. The maximum absolute atomic E-state index is 13.4. The highest BCUT2D eigenvalue weighted by molar-refractivity contribution is 6.29. The van der Waals surface area contributed by atoms with Crippen LogP contribution in [0.4, 0.5) is 10.2 Å². The summed E-state index contributed by atoms with van der Waals surface area (Å²) in [7, 11) is 0. The molecule has 1 heterocycles. The number of carbonyl (C=O) groups excluding carboxylic acids is 1. The molecule has 98 valence electrons. The number of rotatable bonds is 3. The summed E-state index contributed by atoms with van der Waals surface area (Å²) in [6, 6.07) is 9.03. The number of amides is 1. The van der Waals surface area contributed by atoms with E-state index in [2.05, 4.69) is 10.3 Å². The topological polar surface area (TPSA) is 68.0 Å². The number of anilines is 1. The molecule has 6 heteroatoms. The number of pyridine rings is 1. The maximum atomic E-state index is 13.4. The van der Waals surface area contributed by atoms with Gasteiger partial charge in [0, 0.05) is 17.7 Å². The zero-order valence-electron chi connectivity index (χ0n) is 9.86. The van der Waals surface area contributed by atoms with Gasteiger partial charge in [-0.3, -0.25) is 4.79 Å². The molecule has 4 nitrogen and oxygen atoms in total. The van der Waals surface area contributed by atoms with Crippen LogP contribution in [0.5, 0.6) is 0 Å². The van der Waals surface area contributed by atoms with Gasteiger partial charge in [-0.1, -0.05) is 29.8 Å². The largest absolute Gasteiger partial charge is 0.384 e. The number of aromatic nitrogens is 1. The van der Waals surface area contributed by atoms with Crippen LogP contribution in [0.25, 0.3) is 0 Å². The maximum Gasteiger partial charge on any atom is 0.251 e. The van der Waals surface area contributed by atoms with E-state index >= 15 is 0 Å². The summed E-state index contributed by atoms with van der Waals surface area (Å²) in [5, 5.41) is 2.72. The highest BCUT2D eigenvalue weighted by Gasteiger charge is 2.09. The molecule has 0 aliphatic carbocycles. The molecule has 1 aromatic heterocycles. The lowest BCUT2D eigenvalue weighted by atomic mass is 10.2. The molecule has 0 saturated carbocycles. The minimum Gasteiger partial charge on any atom is -0.384 e. The van der Waals surface area contributed by atoms with E-state index in [1.54, 1.807) is 18.2 Å². The summed E-state index contributed by atoms with van der Waals surface area (Å²) < 4.78 is 13.4. The third-order valence-electron chi connectivity index (χ3n) is 2.47. The van der Waals surface area contributed by atoms with Gasteiger partial charge in [0.15, 0.2) is 0 Å². The summed E-state index contributed by atoms with van der Waals surface area (Å²) in [6.07, 6.45) is 0. The van der Waals surface area contributed by atoms with Crippen LogP contribution in [0.1, 0.15) is 15.9 Å². The van der Waals surface area contributed by atoms with Gasteiger partial charge in [0.2, 0.25) is 0 Å². The summed E-state index contributed by atoms with van der Waals surface area (Å²) in [4.78, 5) is 15.6. The average molecular weight is 280 g/mol. The van der Waals surface area contributed by atoms with Gasteiger partial charge in [-0.05, 0) is 18.2 Å². The van der Waals surface area contributed by atoms with Gasteiger partial charge in [0.1, 0.15) is 16.8 Å². The summed E-state index contributed by atoms with van der Waals surface area (Å²) in [5.74, 6) is -0.599. The Morgan fingerprint density at radius 1 is 1.37 bits per heavy atom. The molecule has 0 fully saturated rings.